The van der Waals surface area contributed by atoms with Crippen molar-refractivity contribution in [3.63, 3.8) is 0 Å². The molecular formula is C16H17NO2. The lowest BCUT2D eigenvalue weighted by molar-refractivity contribution is 0.0584. The Labute approximate surface area is 113 Å². The molecule has 0 radical (unpaired) electrons. The van der Waals surface area contributed by atoms with E-state index in [0.29, 0.717) is 17.0 Å². The van der Waals surface area contributed by atoms with Gasteiger partial charge in [0.25, 0.3) is 0 Å². The second kappa shape index (κ2) is 5.14. The fourth-order valence-electron chi connectivity index (χ4n) is 1.81. The maximum Gasteiger partial charge on any atom is 0.205 e. The number of carbonyl (C=O) groups is 1. The summed E-state index contributed by atoms with van der Waals surface area (Å²) in [6, 6.07) is 16.2. The highest BCUT2D eigenvalue weighted by Crippen LogP contribution is 2.22. The van der Waals surface area contributed by atoms with Gasteiger partial charge in [-0.05, 0) is 38.1 Å². The Morgan fingerprint density at radius 3 is 2.16 bits per heavy atom. The fourth-order valence-corrected chi connectivity index (χ4v) is 1.81. The van der Waals surface area contributed by atoms with Crippen molar-refractivity contribution >= 4 is 11.5 Å². The van der Waals surface area contributed by atoms with Gasteiger partial charge in [-0.3, -0.25) is 4.79 Å². The number of Topliss-reactive ketones (excluding diaryl/α,β-unsaturated/α-hetero) is 1. The average molecular weight is 255 g/mol. The zero-order chi connectivity index (χ0) is 13.9. The van der Waals surface area contributed by atoms with E-state index in [4.69, 9.17) is 10.5 Å². The molecule has 0 aliphatic rings. The topological polar surface area (TPSA) is 52.3 Å². The van der Waals surface area contributed by atoms with Gasteiger partial charge in [0.1, 0.15) is 5.75 Å². The number of ether oxygens (including phenoxy) is 1. The predicted octanol–water partition coefficient (Wildman–Crippen LogP) is 3.31. The summed E-state index contributed by atoms with van der Waals surface area (Å²) < 4.78 is 5.77. The minimum absolute atomic E-state index is 0.0510. The molecule has 2 N–H and O–H groups in total. The first-order valence-corrected chi connectivity index (χ1v) is 6.13. The van der Waals surface area contributed by atoms with E-state index in [1.165, 1.54) is 0 Å². The van der Waals surface area contributed by atoms with Gasteiger partial charge in [-0.25, -0.2) is 0 Å². The summed E-state index contributed by atoms with van der Waals surface area (Å²) in [5, 5.41) is 0. The van der Waals surface area contributed by atoms with Gasteiger partial charge in [-0.15, -0.1) is 0 Å². The van der Waals surface area contributed by atoms with Crippen LogP contribution in [0.1, 0.15) is 24.2 Å². The number of nitrogens with two attached hydrogens (primary N) is 1. The lowest BCUT2D eigenvalue weighted by Crippen LogP contribution is -2.38. The standard InChI is InChI=1S/C16H17NO2/c1-16(2,15(18)12-6-4-3-5-7-12)19-14-10-8-13(17)9-11-14/h3-11H,17H2,1-2H3. The van der Waals surface area contributed by atoms with Crippen LogP contribution in [-0.4, -0.2) is 11.4 Å². The summed E-state index contributed by atoms with van der Waals surface area (Å²) >= 11 is 0. The molecule has 0 spiro atoms. The third-order valence-corrected chi connectivity index (χ3v) is 2.84. The lowest BCUT2D eigenvalue weighted by Gasteiger charge is -2.25. The summed E-state index contributed by atoms with van der Waals surface area (Å²) in [4.78, 5) is 12.4. The minimum atomic E-state index is -0.919. The van der Waals surface area contributed by atoms with Crippen LogP contribution in [0.15, 0.2) is 54.6 Å². The van der Waals surface area contributed by atoms with Crippen LogP contribution in [0.5, 0.6) is 5.75 Å². The Balaban J connectivity index is 2.18. The van der Waals surface area contributed by atoms with Gasteiger partial charge in [0, 0.05) is 11.3 Å². The van der Waals surface area contributed by atoms with Crippen molar-refractivity contribution < 1.29 is 9.53 Å². The maximum atomic E-state index is 12.4. The molecule has 2 aromatic rings. The molecule has 98 valence electrons. The molecule has 2 aromatic carbocycles. The molecule has 0 bridgehead atoms. The number of hydrogen-bond donors (Lipinski definition) is 1. The van der Waals surface area contributed by atoms with Crippen molar-refractivity contribution in [3.05, 3.63) is 60.2 Å². The smallest absolute Gasteiger partial charge is 0.205 e. The summed E-state index contributed by atoms with van der Waals surface area (Å²) in [6.45, 7) is 3.53. The Bertz CT molecular complexity index is 559. The molecule has 0 amide bonds. The van der Waals surface area contributed by atoms with E-state index in [9.17, 15) is 4.79 Å². The Hall–Kier alpha value is -2.29. The van der Waals surface area contributed by atoms with Crippen molar-refractivity contribution in [1.82, 2.24) is 0 Å². The zero-order valence-electron chi connectivity index (χ0n) is 11.1. The second-order valence-electron chi connectivity index (χ2n) is 4.88. The number of hydrogen-bond acceptors (Lipinski definition) is 3. The molecule has 2 rings (SSSR count). The Morgan fingerprint density at radius 1 is 1.00 bits per heavy atom. The first kappa shape index (κ1) is 13.1. The van der Waals surface area contributed by atoms with Crippen LogP contribution in [0.4, 0.5) is 5.69 Å². The summed E-state index contributed by atoms with van der Waals surface area (Å²) in [5.74, 6) is 0.577. The van der Waals surface area contributed by atoms with Crippen molar-refractivity contribution in [2.45, 2.75) is 19.4 Å². The van der Waals surface area contributed by atoms with Crippen LogP contribution in [0.2, 0.25) is 0 Å². The molecule has 0 unspecified atom stereocenters. The molecule has 0 aliphatic heterocycles. The highest BCUT2D eigenvalue weighted by Gasteiger charge is 2.30. The Morgan fingerprint density at radius 2 is 1.58 bits per heavy atom. The summed E-state index contributed by atoms with van der Waals surface area (Å²) in [6.07, 6.45) is 0. The van der Waals surface area contributed by atoms with E-state index in [1.54, 1.807) is 50.2 Å². The van der Waals surface area contributed by atoms with Gasteiger partial charge in [0.05, 0.1) is 0 Å². The number of ketones is 1. The number of anilines is 1. The highest BCUT2D eigenvalue weighted by atomic mass is 16.5. The molecule has 0 aliphatic carbocycles. The van der Waals surface area contributed by atoms with Gasteiger partial charge in [0.2, 0.25) is 5.78 Å². The molecule has 0 saturated carbocycles. The van der Waals surface area contributed by atoms with Gasteiger partial charge in [-0.1, -0.05) is 30.3 Å². The number of benzene rings is 2. The normalized spacial score (nSPS) is 11.1. The lowest BCUT2D eigenvalue weighted by atomic mass is 9.96. The van der Waals surface area contributed by atoms with Gasteiger partial charge in [-0.2, -0.15) is 0 Å². The highest BCUT2D eigenvalue weighted by molar-refractivity contribution is 6.02. The van der Waals surface area contributed by atoms with E-state index >= 15 is 0 Å². The third-order valence-electron chi connectivity index (χ3n) is 2.84. The van der Waals surface area contributed by atoms with E-state index in [-0.39, 0.29) is 5.78 Å². The largest absolute Gasteiger partial charge is 0.480 e. The first-order chi connectivity index (χ1) is 8.99. The Kier molecular flexibility index (Phi) is 3.56. The fraction of sp³-hybridized carbons (Fsp3) is 0.188. The maximum absolute atomic E-state index is 12.4. The van der Waals surface area contributed by atoms with Crippen molar-refractivity contribution in [1.29, 1.82) is 0 Å². The van der Waals surface area contributed by atoms with Gasteiger partial charge in [0.15, 0.2) is 5.60 Å². The molecule has 19 heavy (non-hydrogen) atoms. The summed E-state index contributed by atoms with van der Waals surface area (Å²) in [5.41, 5.74) is 6.01. The monoisotopic (exact) mass is 255 g/mol. The van der Waals surface area contributed by atoms with Gasteiger partial charge >= 0.3 is 0 Å². The number of nitrogen functional groups attached to an aromatic ring is 1. The van der Waals surface area contributed by atoms with Crippen LogP contribution < -0.4 is 10.5 Å². The van der Waals surface area contributed by atoms with Crippen LogP contribution in [0.3, 0.4) is 0 Å². The van der Waals surface area contributed by atoms with Crippen LogP contribution >= 0.6 is 0 Å². The number of carbonyl (C=O) groups excluding carboxylic acids is 1. The predicted molar refractivity (Wildman–Crippen MR) is 76.3 cm³/mol. The molecule has 0 heterocycles. The molecule has 0 aromatic heterocycles. The minimum Gasteiger partial charge on any atom is -0.480 e. The van der Waals surface area contributed by atoms with Crippen LogP contribution in [0.25, 0.3) is 0 Å². The third kappa shape index (κ3) is 3.13. The average Bonchev–Trinajstić information content (AvgIpc) is 2.41. The molecule has 0 saturated heterocycles. The molecular weight excluding hydrogens is 238 g/mol. The quantitative estimate of drug-likeness (QED) is 0.673. The van der Waals surface area contributed by atoms with Crippen LogP contribution in [0, 0.1) is 0 Å². The van der Waals surface area contributed by atoms with E-state index in [1.807, 2.05) is 18.2 Å². The molecule has 0 fully saturated rings. The second-order valence-corrected chi connectivity index (χ2v) is 4.88. The van der Waals surface area contributed by atoms with Crippen molar-refractivity contribution in [3.8, 4) is 5.75 Å². The SMILES string of the molecule is CC(C)(Oc1ccc(N)cc1)C(=O)c1ccccc1. The zero-order valence-corrected chi connectivity index (χ0v) is 11.1. The van der Waals surface area contributed by atoms with E-state index in [2.05, 4.69) is 0 Å². The molecule has 0 atom stereocenters. The molecule has 3 nitrogen and oxygen atoms in total. The summed E-state index contributed by atoms with van der Waals surface area (Å²) in [7, 11) is 0. The van der Waals surface area contributed by atoms with Crippen molar-refractivity contribution in [2.75, 3.05) is 5.73 Å². The first-order valence-electron chi connectivity index (χ1n) is 6.13. The van der Waals surface area contributed by atoms with Crippen molar-refractivity contribution in [2.24, 2.45) is 0 Å². The molecule has 3 heteroatoms. The number of rotatable bonds is 4. The van der Waals surface area contributed by atoms with E-state index < -0.39 is 5.60 Å². The van der Waals surface area contributed by atoms with Crippen LogP contribution in [-0.2, 0) is 0 Å². The van der Waals surface area contributed by atoms with E-state index in [0.717, 1.165) is 0 Å². The van der Waals surface area contributed by atoms with Gasteiger partial charge < -0.3 is 10.5 Å².